The molecule has 1 fully saturated rings. The van der Waals surface area contributed by atoms with Crippen LogP contribution < -0.4 is 5.32 Å². The summed E-state index contributed by atoms with van der Waals surface area (Å²) < 4.78 is 45.1. The fourth-order valence-corrected chi connectivity index (χ4v) is 3.78. The van der Waals surface area contributed by atoms with Gasteiger partial charge in [0, 0.05) is 26.1 Å². The van der Waals surface area contributed by atoms with Crippen LogP contribution in [0.25, 0.3) is 11.0 Å². The van der Waals surface area contributed by atoms with Crippen molar-refractivity contribution in [2.45, 2.75) is 25.6 Å². The van der Waals surface area contributed by atoms with Gasteiger partial charge in [0.05, 0.1) is 29.7 Å². The normalized spacial score (nSPS) is 17.2. The lowest BCUT2D eigenvalue weighted by atomic mass is 10.0. The number of halogens is 4. The van der Waals surface area contributed by atoms with E-state index in [-0.39, 0.29) is 24.0 Å². The fourth-order valence-electron chi connectivity index (χ4n) is 3.78. The van der Waals surface area contributed by atoms with E-state index in [0.717, 1.165) is 28.9 Å². The monoisotopic (exact) mass is 573 g/mol. The minimum Gasteiger partial charge on any atom is -0.370 e. The molecule has 1 atom stereocenters. The van der Waals surface area contributed by atoms with Gasteiger partial charge in [-0.3, -0.25) is 4.99 Å². The minimum atomic E-state index is -4.38. The first-order chi connectivity index (χ1) is 15.4. The number of ether oxygens (including phenoxy) is 1. The number of nitrogens with zero attached hydrogens (tertiary/aromatic N) is 3. The number of para-hydroxylation sites is 2. The number of aromatic amines is 1. The Hall–Kier alpha value is -2.34. The van der Waals surface area contributed by atoms with Crippen molar-refractivity contribution in [3.8, 4) is 0 Å². The van der Waals surface area contributed by atoms with Gasteiger partial charge >= 0.3 is 6.18 Å². The molecule has 0 amide bonds. The summed E-state index contributed by atoms with van der Waals surface area (Å²) in [6.45, 7) is 4.67. The maximum Gasteiger partial charge on any atom is 0.416 e. The van der Waals surface area contributed by atoms with Crippen LogP contribution in [-0.4, -0.2) is 53.6 Å². The zero-order chi connectivity index (χ0) is 22.6. The summed E-state index contributed by atoms with van der Waals surface area (Å²) in [5.41, 5.74) is 1.77. The second-order valence-electron chi connectivity index (χ2n) is 7.61. The highest BCUT2D eigenvalue weighted by Gasteiger charge is 2.32. The van der Waals surface area contributed by atoms with Crippen molar-refractivity contribution in [3.05, 3.63) is 65.5 Å². The Morgan fingerprint density at radius 1 is 1.24 bits per heavy atom. The molecule has 0 bridgehead atoms. The molecule has 1 unspecified atom stereocenters. The summed E-state index contributed by atoms with van der Waals surface area (Å²) in [6.07, 6.45) is -4.17. The zero-order valence-corrected chi connectivity index (χ0v) is 20.6. The number of hydrogen-bond donors (Lipinski definition) is 2. The van der Waals surface area contributed by atoms with Crippen molar-refractivity contribution in [2.75, 3.05) is 32.8 Å². The number of nitrogens with one attached hydrogen (secondary N) is 2. The first kappa shape index (κ1) is 25.3. The van der Waals surface area contributed by atoms with E-state index in [9.17, 15) is 13.2 Å². The van der Waals surface area contributed by atoms with Gasteiger partial charge in [0.15, 0.2) is 5.96 Å². The number of rotatable bonds is 5. The molecule has 2 N–H and O–H groups in total. The predicted octanol–water partition coefficient (Wildman–Crippen LogP) is 4.78. The lowest BCUT2D eigenvalue weighted by molar-refractivity contribution is -0.137. The van der Waals surface area contributed by atoms with Crippen LogP contribution >= 0.6 is 24.0 Å². The number of benzene rings is 2. The van der Waals surface area contributed by atoms with Crippen molar-refractivity contribution in [2.24, 2.45) is 4.99 Å². The molecule has 10 heteroatoms. The molecule has 3 aromatic rings. The van der Waals surface area contributed by atoms with Crippen LogP contribution in [-0.2, 0) is 17.3 Å². The number of fused-ring (bicyclic) bond motifs is 1. The molecule has 178 valence electrons. The van der Waals surface area contributed by atoms with Gasteiger partial charge < -0.3 is 19.9 Å². The van der Waals surface area contributed by atoms with Crippen molar-refractivity contribution in [3.63, 3.8) is 0 Å². The average Bonchev–Trinajstić information content (AvgIpc) is 3.21. The SMILES string of the molecule is CCNC(=NCCc1nc2ccccc2[nH]1)N1CCOC(c2cccc(C(F)(F)F)c2)C1.I. The Morgan fingerprint density at radius 3 is 2.82 bits per heavy atom. The Kier molecular flexibility index (Phi) is 8.57. The second kappa shape index (κ2) is 11.2. The van der Waals surface area contributed by atoms with E-state index in [1.807, 2.05) is 36.1 Å². The summed E-state index contributed by atoms with van der Waals surface area (Å²) >= 11 is 0. The highest BCUT2D eigenvalue weighted by Crippen LogP contribution is 2.32. The number of aromatic nitrogens is 2. The van der Waals surface area contributed by atoms with E-state index in [1.165, 1.54) is 12.1 Å². The Balaban J connectivity index is 0.00000306. The molecule has 1 aromatic heterocycles. The molecule has 6 nitrogen and oxygen atoms in total. The van der Waals surface area contributed by atoms with E-state index < -0.39 is 17.8 Å². The number of aliphatic imine (C=N–C) groups is 1. The fraction of sp³-hybridized carbons (Fsp3) is 0.391. The quantitative estimate of drug-likeness (QED) is 0.262. The molecule has 0 radical (unpaired) electrons. The van der Waals surface area contributed by atoms with Gasteiger partial charge in [-0.05, 0) is 36.8 Å². The molecule has 2 heterocycles. The van der Waals surface area contributed by atoms with E-state index in [1.54, 1.807) is 6.07 Å². The number of imidazole rings is 1. The van der Waals surface area contributed by atoms with Gasteiger partial charge in [-0.25, -0.2) is 4.98 Å². The summed E-state index contributed by atoms with van der Waals surface area (Å²) in [5, 5.41) is 3.28. The van der Waals surface area contributed by atoms with Crippen molar-refractivity contribution < 1.29 is 17.9 Å². The first-order valence-electron chi connectivity index (χ1n) is 10.7. The Bertz CT molecular complexity index is 1050. The Morgan fingerprint density at radius 2 is 2.06 bits per heavy atom. The van der Waals surface area contributed by atoms with Crippen molar-refractivity contribution in [1.29, 1.82) is 0 Å². The zero-order valence-electron chi connectivity index (χ0n) is 18.2. The molecule has 33 heavy (non-hydrogen) atoms. The number of H-pyrrole nitrogens is 1. The third kappa shape index (κ3) is 6.38. The molecular formula is C23H27F3IN5O. The van der Waals surface area contributed by atoms with E-state index in [4.69, 9.17) is 9.73 Å². The molecule has 1 aliphatic rings. The van der Waals surface area contributed by atoms with Crippen LogP contribution in [0.15, 0.2) is 53.5 Å². The maximum atomic E-state index is 13.1. The van der Waals surface area contributed by atoms with Gasteiger partial charge in [0.1, 0.15) is 11.9 Å². The topological polar surface area (TPSA) is 65.5 Å². The lowest BCUT2D eigenvalue weighted by Gasteiger charge is -2.35. The molecule has 1 saturated heterocycles. The van der Waals surface area contributed by atoms with E-state index in [0.29, 0.717) is 44.8 Å². The maximum absolute atomic E-state index is 13.1. The number of alkyl halides is 3. The number of morpholine rings is 1. The van der Waals surface area contributed by atoms with Crippen LogP contribution in [0.4, 0.5) is 13.2 Å². The molecule has 2 aromatic carbocycles. The largest absolute Gasteiger partial charge is 0.416 e. The summed E-state index contributed by atoms with van der Waals surface area (Å²) in [5.74, 6) is 1.60. The average molecular weight is 573 g/mol. The number of guanidine groups is 1. The van der Waals surface area contributed by atoms with Crippen LogP contribution in [0.2, 0.25) is 0 Å². The number of hydrogen-bond acceptors (Lipinski definition) is 3. The Labute approximate surface area is 207 Å². The first-order valence-corrected chi connectivity index (χ1v) is 10.7. The van der Waals surface area contributed by atoms with Crippen molar-refractivity contribution >= 4 is 41.0 Å². The molecule has 1 aliphatic heterocycles. The van der Waals surface area contributed by atoms with Gasteiger partial charge in [0.2, 0.25) is 0 Å². The highest BCUT2D eigenvalue weighted by molar-refractivity contribution is 14.0. The third-order valence-electron chi connectivity index (χ3n) is 5.34. The van der Waals surface area contributed by atoms with Gasteiger partial charge in [-0.2, -0.15) is 13.2 Å². The van der Waals surface area contributed by atoms with Gasteiger partial charge in [-0.1, -0.05) is 24.3 Å². The second-order valence-corrected chi connectivity index (χ2v) is 7.61. The molecule has 0 aliphatic carbocycles. The third-order valence-corrected chi connectivity index (χ3v) is 5.34. The van der Waals surface area contributed by atoms with E-state index >= 15 is 0 Å². The molecule has 0 saturated carbocycles. The minimum absolute atomic E-state index is 0. The van der Waals surface area contributed by atoms with Crippen LogP contribution in [0.1, 0.15) is 30.0 Å². The van der Waals surface area contributed by atoms with E-state index in [2.05, 4.69) is 15.3 Å². The van der Waals surface area contributed by atoms with Crippen LogP contribution in [0.5, 0.6) is 0 Å². The van der Waals surface area contributed by atoms with Gasteiger partial charge in [0.25, 0.3) is 0 Å². The highest BCUT2D eigenvalue weighted by atomic mass is 127. The summed E-state index contributed by atoms with van der Waals surface area (Å²) in [6, 6.07) is 13.2. The van der Waals surface area contributed by atoms with Crippen molar-refractivity contribution in [1.82, 2.24) is 20.2 Å². The standard InChI is InChI=1S/C23H26F3N5O.HI/c1-2-27-22(28-11-10-21-29-18-8-3-4-9-19(18)30-21)31-12-13-32-20(15-31)16-6-5-7-17(14-16)23(24,25)26;/h3-9,14,20H,2,10-13,15H2,1H3,(H,27,28)(H,29,30);1H. The predicted molar refractivity (Wildman–Crippen MR) is 133 cm³/mol. The summed E-state index contributed by atoms with van der Waals surface area (Å²) in [7, 11) is 0. The smallest absolute Gasteiger partial charge is 0.370 e. The lowest BCUT2D eigenvalue weighted by Crippen LogP contribution is -2.48. The summed E-state index contributed by atoms with van der Waals surface area (Å²) in [4.78, 5) is 14.6. The molecule has 0 spiro atoms. The van der Waals surface area contributed by atoms with Gasteiger partial charge in [-0.15, -0.1) is 24.0 Å². The van der Waals surface area contributed by atoms with Crippen LogP contribution in [0.3, 0.4) is 0 Å². The molecular weight excluding hydrogens is 546 g/mol. The van der Waals surface area contributed by atoms with Crippen LogP contribution in [0, 0.1) is 0 Å². The molecule has 4 rings (SSSR count).